The van der Waals surface area contributed by atoms with Crippen molar-refractivity contribution in [3.63, 3.8) is 0 Å². The zero-order valence-corrected chi connectivity index (χ0v) is 12.4. The molecule has 0 radical (unpaired) electrons. The van der Waals surface area contributed by atoms with Crippen LogP contribution >= 0.6 is 0 Å². The van der Waals surface area contributed by atoms with Crippen LogP contribution in [0.25, 0.3) is 11.0 Å². The van der Waals surface area contributed by atoms with Gasteiger partial charge in [-0.25, -0.2) is 9.37 Å². The van der Waals surface area contributed by atoms with E-state index in [1.807, 2.05) is 36.7 Å². The van der Waals surface area contributed by atoms with Gasteiger partial charge >= 0.3 is 0 Å². The summed E-state index contributed by atoms with van der Waals surface area (Å²) in [6.07, 6.45) is 0. The highest BCUT2D eigenvalue weighted by molar-refractivity contribution is 5.94. The fourth-order valence-corrected chi connectivity index (χ4v) is 2.36. The first kappa shape index (κ1) is 14.3. The topological polar surface area (TPSA) is 46.9 Å². The molecule has 1 amide bonds. The van der Waals surface area contributed by atoms with E-state index in [1.54, 1.807) is 0 Å². The van der Waals surface area contributed by atoms with Gasteiger partial charge in [0.05, 0.1) is 11.0 Å². The second-order valence-corrected chi connectivity index (χ2v) is 5.23. The van der Waals surface area contributed by atoms with Gasteiger partial charge in [-0.05, 0) is 48.9 Å². The van der Waals surface area contributed by atoms with Crippen molar-refractivity contribution in [3.05, 3.63) is 65.2 Å². The molecule has 0 fully saturated rings. The molecule has 1 aromatic heterocycles. The van der Waals surface area contributed by atoms with Crippen molar-refractivity contribution in [2.24, 2.45) is 7.05 Å². The lowest BCUT2D eigenvalue weighted by Gasteiger charge is -2.06. The summed E-state index contributed by atoms with van der Waals surface area (Å²) >= 11 is 0. The van der Waals surface area contributed by atoms with Gasteiger partial charge in [0.25, 0.3) is 5.91 Å². The van der Waals surface area contributed by atoms with E-state index in [0.29, 0.717) is 12.1 Å². The Bertz CT molecular complexity index is 837. The van der Waals surface area contributed by atoms with Crippen molar-refractivity contribution < 1.29 is 9.18 Å². The van der Waals surface area contributed by atoms with E-state index in [-0.39, 0.29) is 11.7 Å². The summed E-state index contributed by atoms with van der Waals surface area (Å²) in [4.78, 5) is 16.5. The number of nitrogens with zero attached hydrogens (tertiary/aromatic N) is 2. The average Bonchev–Trinajstić information content (AvgIpc) is 2.80. The maximum absolute atomic E-state index is 12.8. The minimum Gasteiger partial charge on any atom is -0.348 e. The fraction of sp³-hybridized carbons (Fsp3) is 0.176. The normalized spacial score (nSPS) is 10.9. The summed E-state index contributed by atoms with van der Waals surface area (Å²) in [6, 6.07) is 11.4. The Morgan fingerprint density at radius 3 is 2.68 bits per heavy atom. The highest BCUT2D eigenvalue weighted by Gasteiger charge is 2.07. The third-order valence-electron chi connectivity index (χ3n) is 3.73. The van der Waals surface area contributed by atoms with Crippen molar-refractivity contribution in [3.8, 4) is 0 Å². The number of aromatic nitrogens is 2. The van der Waals surface area contributed by atoms with Crippen molar-refractivity contribution in [1.82, 2.24) is 14.9 Å². The maximum Gasteiger partial charge on any atom is 0.251 e. The van der Waals surface area contributed by atoms with Crippen LogP contribution in [-0.4, -0.2) is 15.5 Å². The van der Waals surface area contributed by atoms with E-state index in [4.69, 9.17) is 0 Å². The SMILES string of the molecule is Cc1nc2cc(CNC(=O)c3ccc(F)cc3)ccc2n1C. The van der Waals surface area contributed by atoms with Crippen LogP contribution in [0.5, 0.6) is 0 Å². The van der Waals surface area contributed by atoms with E-state index < -0.39 is 0 Å². The molecule has 0 aliphatic heterocycles. The van der Waals surface area contributed by atoms with Crippen molar-refractivity contribution >= 4 is 16.9 Å². The number of imidazole rings is 1. The van der Waals surface area contributed by atoms with E-state index in [2.05, 4.69) is 10.3 Å². The number of carbonyl (C=O) groups excluding carboxylic acids is 1. The summed E-state index contributed by atoms with van der Waals surface area (Å²) in [7, 11) is 1.97. The Labute approximate surface area is 127 Å². The molecule has 0 unspecified atom stereocenters. The summed E-state index contributed by atoms with van der Waals surface area (Å²) in [5, 5.41) is 2.82. The van der Waals surface area contributed by atoms with Gasteiger partial charge in [-0.15, -0.1) is 0 Å². The van der Waals surface area contributed by atoms with Crippen LogP contribution in [0.3, 0.4) is 0 Å². The average molecular weight is 297 g/mol. The summed E-state index contributed by atoms with van der Waals surface area (Å²) in [6.45, 7) is 2.36. The molecule has 1 heterocycles. The Morgan fingerprint density at radius 2 is 1.95 bits per heavy atom. The number of amides is 1. The molecular formula is C17H16FN3O. The van der Waals surface area contributed by atoms with Crippen LogP contribution in [0.4, 0.5) is 4.39 Å². The second kappa shape index (κ2) is 5.60. The van der Waals surface area contributed by atoms with Gasteiger partial charge < -0.3 is 9.88 Å². The molecule has 0 spiro atoms. The first-order chi connectivity index (χ1) is 10.5. The third-order valence-corrected chi connectivity index (χ3v) is 3.73. The maximum atomic E-state index is 12.8. The second-order valence-electron chi connectivity index (χ2n) is 5.23. The Hall–Kier alpha value is -2.69. The summed E-state index contributed by atoms with van der Waals surface area (Å²) in [5.74, 6) is 0.368. The van der Waals surface area contributed by atoms with Gasteiger partial charge in [0, 0.05) is 19.2 Å². The third kappa shape index (κ3) is 2.70. The highest BCUT2D eigenvalue weighted by Crippen LogP contribution is 2.16. The molecule has 0 aliphatic rings. The lowest BCUT2D eigenvalue weighted by molar-refractivity contribution is 0.0951. The minimum atomic E-state index is -0.354. The number of fused-ring (bicyclic) bond motifs is 1. The Kier molecular flexibility index (Phi) is 3.63. The zero-order chi connectivity index (χ0) is 15.7. The quantitative estimate of drug-likeness (QED) is 0.808. The van der Waals surface area contributed by atoms with Gasteiger partial charge in [0.1, 0.15) is 11.6 Å². The smallest absolute Gasteiger partial charge is 0.251 e. The van der Waals surface area contributed by atoms with Crippen LogP contribution < -0.4 is 5.32 Å². The molecule has 2 aromatic carbocycles. The molecule has 22 heavy (non-hydrogen) atoms. The zero-order valence-electron chi connectivity index (χ0n) is 12.4. The van der Waals surface area contributed by atoms with E-state index >= 15 is 0 Å². The number of aryl methyl sites for hydroxylation is 2. The first-order valence-corrected chi connectivity index (χ1v) is 7.00. The Morgan fingerprint density at radius 1 is 1.23 bits per heavy atom. The standard InChI is InChI=1S/C17H16FN3O/c1-11-20-15-9-12(3-8-16(15)21(11)2)10-19-17(22)13-4-6-14(18)7-5-13/h3-9H,10H2,1-2H3,(H,19,22). The molecule has 1 N–H and O–H groups in total. The largest absolute Gasteiger partial charge is 0.348 e. The highest BCUT2D eigenvalue weighted by atomic mass is 19.1. The molecular weight excluding hydrogens is 281 g/mol. The molecule has 4 nitrogen and oxygen atoms in total. The predicted octanol–water partition coefficient (Wildman–Crippen LogP) is 2.95. The van der Waals surface area contributed by atoms with Gasteiger partial charge in [0.2, 0.25) is 0 Å². The monoisotopic (exact) mass is 297 g/mol. The lowest BCUT2D eigenvalue weighted by Crippen LogP contribution is -2.22. The number of hydrogen-bond acceptors (Lipinski definition) is 2. The van der Waals surface area contributed by atoms with E-state index in [1.165, 1.54) is 24.3 Å². The van der Waals surface area contributed by atoms with Gasteiger partial charge in [-0.1, -0.05) is 6.07 Å². The van der Waals surface area contributed by atoms with Crippen LogP contribution in [0, 0.1) is 12.7 Å². The number of rotatable bonds is 3. The van der Waals surface area contributed by atoms with Crippen molar-refractivity contribution in [2.45, 2.75) is 13.5 Å². The molecule has 0 aliphatic carbocycles. The van der Waals surface area contributed by atoms with Crippen molar-refractivity contribution in [1.29, 1.82) is 0 Å². The van der Waals surface area contributed by atoms with Gasteiger partial charge in [-0.2, -0.15) is 0 Å². The molecule has 0 atom stereocenters. The van der Waals surface area contributed by atoms with Crippen LogP contribution in [0.1, 0.15) is 21.7 Å². The molecule has 5 heteroatoms. The first-order valence-electron chi connectivity index (χ1n) is 7.00. The minimum absolute atomic E-state index is 0.225. The van der Waals surface area contributed by atoms with E-state index in [9.17, 15) is 9.18 Å². The van der Waals surface area contributed by atoms with Crippen LogP contribution in [0.15, 0.2) is 42.5 Å². The molecule has 0 bridgehead atoms. The molecule has 3 rings (SSSR count). The Balaban J connectivity index is 1.73. The van der Waals surface area contributed by atoms with Gasteiger partial charge in [0.15, 0.2) is 0 Å². The number of halogens is 1. The van der Waals surface area contributed by atoms with Crippen LogP contribution in [0.2, 0.25) is 0 Å². The predicted molar refractivity (Wildman–Crippen MR) is 83.0 cm³/mol. The van der Waals surface area contributed by atoms with E-state index in [0.717, 1.165) is 22.4 Å². The summed E-state index contributed by atoms with van der Waals surface area (Å²) in [5.41, 5.74) is 3.39. The number of nitrogens with one attached hydrogen (secondary N) is 1. The van der Waals surface area contributed by atoms with Crippen molar-refractivity contribution in [2.75, 3.05) is 0 Å². The number of carbonyl (C=O) groups is 1. The molecule has 0 saturated carbocycles. The molecule has 3 aromatic rings. The van der Waals surface area contributed by atoms with Gasteiger partial charge in [-0.3, -0.25) is 4.79 Å². The fourth-order valence-electron chi connectivity index (χ4n) is 2.36. The molecule has 112 valence electrons. The lowest BCUT2D eigenvalue weighted by atomic mass is 10.1. The molecule has 0 saturated heterocycles. The van der Waals surface area contributed by atoms with Crippen LogP contribution in [-0.2, 0) is 13.6 Å². The number of benzene rings is 2. The summed E-state index contributed by atoms with van der Waals surface area (Å²) < 4.78 is 14.9. The number of hydrogen-bond donors (Lipinski definition) is 1.